The van der Waals surface area contributed by atoms with E-state index < -0.39 is 17.7 Å². The molecule has 2 rings (SSSR count). The monoisotopic (exact) mass is 275 g/mol. The third kappa shape index (κ3) is 2.60. The predicted molar refractivity (Wildman–Crippen MR) is 68.2 cm³/mol. The topological polar surface area (TPSA) is 53.2 Å². The number of aliphatic hydroxyl groups is 1. The zero-order valence-electron chi connectivity index (χ0n) is 10.6. The van der Waals surface area contributed by atoms with Crippen molar-refractivity contribution in [2.75, 3.05) is 0 Å². The number of nitriles is 1. The number of benzene rings is 2. The Kier molecular flexibility index (Phi) is 3.97. The van der Waals surface area contributed by atoms with Crippen molar-refractivity contribution in [2.45, 2.75) is 13.0 Å². The zero-order chi connectivity index (χ0) is 14.7. The van der Waals surface area contributed by atoms with Crippen molar-refractivity contribution < 1.29 is 18.6 Å². The number of nitrogens with zero attached hydrogens (tertiary/aromatic N) is 1. The molecule has 20 heavy (non-hydrogen) atoms. The fourth-order valence-electron chi connectivity index (χ4n) is 1.77. The van der Waals surface area contributed by atoms with E-state index in [0.29, 0.717) is 0 Å². The Morgan fingerprint density at radius 2 is 1.80 bits per heavy atom. The lowest BCUT2D eigenvalue weighted by molar-refractivity contribution is 0.194. The Bertz CT molecular complexity index is 678. The van der Waals surface area contributed by atoms with Gasteiger partial charge in [-0.15, -0.1) is 0 Å². The first kappa shape index (κ1) is 14.0. The SMILES string of the molecule is C[C@@H](O)c1cccc(F)c1Oc1cccc(F)c1C#N. The summed E-state index contributed by atoms with van der Waals surface area (Å²) in [4.78, 5) is 0. The number of hydrogen-bond acceptors (Lipinski definition) is 3. The molecular formula is C15H11F2NO2. The molecule has 0 amide bonds. The van der Waals surface area contributed by atoms with E-state index in [1.165, 1.54) is 31.2 Å². The smallest absolute Gasteiger partial charge is 0.168 e. The minimum absolute atomic E-state index is 0.0977. The molecule has 0 aliphatic rings. The van der Waals surface area contributed by atoms with Crippen LogP contribution < -0.4 is 4.74 Å². The highest BCUT2D eigenvalue weighted by molar-refractivity contribution is 5.48. The van der Waals surface area contributed by atoms with E-state index in [2.05, 4.69) is 0 Å². The quantitative estimate of drug-likeness (QED) is 0.929. The first-order chi connectivity index (χ1) is 9.54. The summed E-state index contributed by atoms with van der Waals surface area (Å²) >= 11 is 0. The summed E-state index contributed by atoms with van der Waals surface area (Å²) in [6, 6.07) is 9.58. The van der Waals surface area contributed by atoms with Crippen LogP contribution in [0.4, 0.5) is 8.78 Å². The number of hydrogen-bond donors (Lipinski definition) is 1. The molecule has 0 unspecified atom stereocenters. The molecule has 2 aromatic rings. The van der Waals surface area contributed by atoms with Crippen molar-refractivity contribution in [2.24, 2.45) is 0 Å². The van der Waals surface area contributed by atoms with Gasteiger partial charge in [-0.3, -0.25) is 0 Å². The molecular weight excluding hydrogens is 264 g/mol. The highest BCUT2D eigenvalue weighted by Gasteiger charge is 2.17. The van der Waals surface area contributed by atoms with E-state index >= 15 is 0 Å². The lowest BCUT2D eigenvalue weighted by atomic mass is 10.1. The van der Waals surface area contributed by atoms with Gasteiger partial charge < -0.3 is 9.84 Å². The second kappa shape index (κ2) is 5.68. The third-order valence-corrected chi connectivity index (χ3v) is 2.75. The molecule has 0 aliphatic heterocycles. The minimum atomic E-state index is -0.959. The summed E-state index contributed by atoms with van der Waals surface area (Å²) in [5.74, 6) is -1.76. The minimum Gasteiger partial charge on any atom is -0.452 e. The van der Waals surface area contributed by atoms with E-state index in [1.807, 2.05) is 0 Å². The van der Waals surface area contributed by atoms with E-state index in [-0.39, 0.29) is 22.6 Å². The molecule has 0 saturated carbocycles. The summed E-state index contributed by atoms with van der Waals surface area (Å²) in [5, 5.41) is 18.5. The summed E-state index contributed by atoms with van der Waals surface area (Å²) in [7, 11) is 0. The standard InChI is InChI=1S/C15H11F2NO2/c1-9(19)10-4-2-6-13(17)15(10)20-14-7-3-5-12(16)11(14)8-18/h2-7,9,19H,1H3/t9-/m1/s1. The second-order valence-electron chi connectivity index (χ2n) is 4.16. The van der Waals surface area contributed by atoms with Gasteiger partial charge in [-0.1, -0.05) is 18.2 Å². The molecule has 3 nitrogen and oxygen atoms in total. The van der Waals surface area contributed by atoms with E-state index in [0.717, 1.165) is 12.1 Å². The Morgan fingerprint density at radius 3 is 2.45 bits per heavy atom. The average Bonchev–Trinajstić information content (AvgIpc) is 2.41. The molecule has 1 atom stereocenters. The Balaban J connectivity index is 2.51. The Morgan fingerprint density at radius 1 is 1.15 bits per heavy atom. The maximum Gasteiger partial charge on any atom is 0.168 e. The van der Waals surface area contributed by atoms with Gasteiger partial charge in [0.25, 0.3) is 0 Å². The maximum absolute atomic E-state index is 13.8. The van der Waals surface area contributed by atoms with Gasteiger partial charge in [-0.05, 0) is 25.1 Å². The summed E-state index contributed by atoms with van der Waals surface area (Å²) < 4.78 is 32.6. The van der Waals surface area contributed by atoms with Crippen molar-refractivity contribution in [3.63, 3.8) is 0 Å². The predicted octanol–water partition coefficient (Wildman–Crippen LogP) is 3.68. The van der Waals surface area contributed by atoms with Crippen LogP contribution in [0.15, 0.2) is 36.4 Å². The van der Waals surface area contributed by atoms with Crippen LogP contribution in [0.5, 0.6) is 11.5 Å². The zero-order valence-corrected chi connectivity index (χ0v) is 10.6. The van der Waals surface area contributed by atoms with Crippen LogP contribution in [0.1, 0.15) is 24.2 Å². The second-order valence-corrected chi connectivity index (χ2v) is 4.16. The number of rotatable bonds is 3. The fraction of sp³-hybridized carbons (Fsp3) is 0.133. The van der Waals surface area contributed by atoms with Crippen LogP contribution in [-0.4, -0.2) is 5.11 Å². The Hall–Kier alpha value is -2.45. The first-order valence-corrected chi connectivity index (χ1v) is 5.87. The largest absolute Gasteiger partial charge is 0.452 e. The fourth-order valence-corrected chi connectivity index (χ4v) is 1.77. The lowest BCUT2D eigenvalue weighted by Crippen LogP contribution is -2.00. The van der Waals surface area contributed by atoms with Gasteiger partial charge in [0.15, 0.2) is 11.6 Å². The molecule has 0 aromatic heterocycles. The summed E-state index contributed by atoms with van der Waals surface area (Å²) in [5.41, 5.74) is -0.0922. The van der Waals surface area contributed by atoms with Crippen LogP contribution in [0.2, 0.25) is 0 Å². The highest BCUT2D eigenvalue weighted by Crippen LogP contribution is 2.34. The molecule has 0 spiro atoms. The van der Waals surface area contributed by atoms with Crippen LogP contribution in [0.25, 0.3) is 0 Å². The van der Waals surface area contributed by atoms with E-state index in [9.17, 15) is 13.9 Å². The highest BCUT2D eigenvalue weighted by atomic mass is 19.1. The molecule has 1 N–H and O–H groups in total. The van der Waals surface area contributed by atoms with Gasteiger partial charge in [0.2, 0.25) is 0 Å². The molecule has 0 fully saturated rings. The first-order valence-electron chi connectivity index (χ1n) is 5.87. The molecule has 0 bridgehead atoms. The van der Waals surface area contributed by atoms with Gasteiger partial charge in [0.05, 0.1) is 6.10 Å². The van der Waals surface area contributed by atoms with Gasteiger partial charge in [0.1, 0.15) is 23.2 Å². The van der Waals surface area contributed by atoms with Gasteiger partial charge in [0, 0.05) is 5.56 Å². The van der Waals surface area contributed by atoms with Crippen molar-refractivity contribution in [3.05, 3.63) is 59.2 Å². The molecule has 0 heterocycles. The van der Waals surface area contributed by atoms with Crippen molar-refractivity contribution >= 4 is 0 Å². The van der Waals surface area contributed by atoms with E-state index in [4.69, 9.17) is 10.00 Å². The number of ether oxygens (including phenoxy) is 1. The van der Waals surface area contributed by atoms with Crippen molar-refractivity contribution in [3.8, 4) is 17.6 Å². The lowest BCUT2D eigenvalue weighted by Gasteiger charge is -2.14. The van der Waals surface area contributed by atoms with Gasteiger partial charge in [-0.2, -0.15) is 5.26 Å². The molecule has 2 aromatic carbocycles. The van der Waals surface area contributed by atoms with Crippen molar-refractivity contribution in [1.29, 1.82) is 5.26 Å². The van der Waals surface area contributed by atoms with Gasteiger partial charge in [-0.25, -0.2) is 8.78 Å². The number of aliphatic hydroxyl groups excluding tert-OH is 1. The molecule has 102 valence electrons. The molecule has 0 aliphatic carbocycles. The van der Waals surface area contributed by atoms with Crippen LogP contribution in [0.3, 0.4) is 0 Å². The van der Waals surface area contributed by atoms with Crippen LogP contribution in [-0.2, 0) is 0 Å². The summed E-state index contributed by atoms with van der Waals surface area (Å²) in [6.07, 6.45) is -0.959. The normalized spacial score (nSPS) is 11.8. The third-order valence-electron chi connectivity index (χ3n) is 2.75. The molecule has 0 saturated heterocycles. The summed E-state index contributed by atoms with van der Waals surface area (Å²) in [6.45, 7) is 1.46. The van der Waals surface area contributed by atoms with Crippen LogP contribution >= 0.6 is 0 Å². The maximum atomic E-state index is 13.8. The Labute approximate surface area is 114 Å². The molecule has 0 radical (unpaired) electrons. The van der Waals surface area contributed by atoms with Crippen LogP contribution in [0, 0.1) is 23.0 Å². The molecule has 5 heteroatoms. The number of para-hydroxylation sites is 1. The average molecular weight is 275 g/mol. The van der Waals surface area contributed by atoms with Crippen molar-refractivity contribution in [1.82, 2.24) is 0 Å². The number of halogens is 2. The van der Waals surface area contributed by atoms with Gasteiger partial charge >= 0.3 is 0 Å². The van der Waals surface area contributed by atoms with E-state index in [1.54, 1.807) is 6.07 Å².